The quantitative estimate of drug-likeness (QED) is 0.533. The van der Waals surface area contributed by atoms with Gasteiger partial charge in [0.2, 0.25) is 5.91 Å². The van der Waals surface area contributed by atoms with Crippen LogP contribution >= 0.6 is 0 Å². The molecule has 0 N–H and O–H groups in total. The highest BCUT2D eigenvalue weighted by atomic mass is 16.5. The first-order valence-corrected chi connectivity index (χ1v) is 11.9. The number of hydrogen-bond donors (Lipinski definition) is 0. The summed E-state index contributed by atoms with van der Waals surface area (Å²) in [5.74, 6) is 4.26. The number of para-hydroxylation sites is 1. The van der Waals surface area contributed by atoms with Crippen LogP contribution in [0.1, 0.15) is 56.3 Å². The van der Waals surface area contributed by atoms with Crippen LogP contribution in [0.4, 0.5) is 0 Å². The summed E-state index contributed by atoms with van der Waals surface area (Å²) >= 11 is 0. The molecule has 1 fully saturated rings. The molecule has 0 spiro atoms. The lowest BCUT2D eigenvalue weighted by atomic mass is 9.87. The van der Waals surface area contributed by atoms with Gasteiger partial charge in [-0.1, -0.05) is 45.9 Å². The molecule has 176 valence electrons. The van der Waals surface area contributed by atoms with Crippen molar-refractivity contribution in [2.24, 2.45) is 17.8 Å². The number of likely N-dealkylation sites (tertiary alicyclic amines) is 1. The van der Waals surface area contributed by atoms with E-state index in [9.17, 15) is 4.79 Å². The van der Waals surface area contributed by atoms with Gasteiger partial charge in [0, 0.05) is 38.0 Å². The topological polar surface area (TPSA) is 45.9 Å². The van der Waals surface area contributed by atoms with E-state index in [1.54, 1.807) is 7.11 Å². The van der Waals surface area contributed by atoms with Gasteiger partial charge in [0.1, 0.15) is 17.3 Å². The van der Waals surface area contributed by atoms with Gasteiger partial charge in [-0.15, -0.1) is 0 Å². The van der Waals surface area contributed by atoms with E-state index >= 15 is 0 Å². The molecule has 1 aliphatic rings. The first-order chi connectivity index (χ1) is 15.2. The zero-order chi connectivity index (χ0) is 23.4. The molecule has 5 heteroatoms. The molecule has 2 atom stereocenters. The average Bonchev–Trinajstić information content (AvgIpc) is 3.28. The Morgan fingerprint density at radius 3 is 2.50 bits per heavy atom. The van der Waals surface area contributed by atoms with E-state index in [1.165, 1.54) is 11.1 Å². The fourth-order valence-electron chi connectivity index (χ4n) is 4.89. The molecule has 0 unspecified atom stereocenters. The van der Waals surface area contributed by atoms with E-state index in [4.69, 9.17) is 9.15 Å². The van der Waals surface area contributed by atoms with Crippen LogP contribution in [0.2, 0.25) is 0 Å². The third kappa shape index (κ3) is 5.74. The van der Waals surface area contributed by atoms with Crippen molar-refractivity contribution in [1.29, 1.82) is 0 Å². The van der Waals surface area contributed by atoms with Gasteiger partial charge in [-0.3, -0.25) is 9.69 Å². The predicted octanol–water partition coefficient (Wildman–Crippen LogP) is 5.26. The van der Waals surface area contributed by atoms with Crippen LogP contribution in [0.25, 0.3) is 0 Å². The van der Waals surface area contributed by atoms with Crippen molar-refractivity contribution in [1.82, 2.24) is 9.80 Å². The number of hydrogen-bond acceptors (Lipinski definition) is 4. The summed E-state index contributed by atoms with van der Waals surface area (Å²) < 4.78 is 11.7. The van der Waals surface area contributed by atoms with Crippen molar-refractivity contribution < 1.29 is 13.9 Å². The summed E-state index contributed by atoms with van der Waals surface area (Å²) in [7, 11) is 1.74. The van der Waals surface area contributed by atoms with Crippen LogP contribution in [-0.4, -0.2) is 49.0 Å². The number of nitrogens with zero attached hydrogens (tertiary/aromatic N) is 2. The maximum atomic E-state index is 13.0. The second-order valence-electron chi connectivity index (χ2n) is 10.0. The zero-order valence-electron chi connectivity index (χ0n) is 20.9. The molecule has 32 heavy (non-hydrogen) atoms. The van der Waals surface area contributed by atoms with Crippen molar-refractivity contribution in [2.45, 2.75) is 54.0 Å². The fraction of sp³-hybridized carbons (Fsp3) is 0.593. The number of furan rings is 1. The number of ether oxygens (including phenoxy) is 1. The predicted molar refractivity (Wildman–Crippen MR) is 129 cm³/mol. The third-order valence-corrected chi connectivity index (χ3v) is 6.50. The Balaban J connectivity index is 1.87. The smallest absolute Gasteiger partial charge is 0.225 e. The molecule has 0 aliphatic carbocycles. The molecule has 0 saturated carbocycles. The van der Waals surface area contributed by atoms with Crippen LogP contribution in [0.3, 0.4) is 0 Å². The zero-order valence-corrected chi connectivity index (χ0v) is 20.9. The maximum absolute atomic E-state index is 13.0. The fourth-order valence-corrected chi connectivity index (χ4v) is 4.89. The molecule has 1 aliphatic heterocycles. The molecule has 3 rings (SSSR count). The Kier molecular flexibility index (Phi) is 8.05. The molecule has 2 aromatic rings. The van der Waals surface area contributed by atoms with Crippen molar-refractivity contribution >= 4 is 5.91 Å². The van der Waals surface area contributed by atoms with E-state index in [-0.39, 0.29) is 11.8 Å². The maximum Gasteiger partial charge on any atom is 0.225 e. The van der Waals surface area contributed by atoms with Crippen LogP contribution < -0.4 is 4.74 Å². The molecular formula is C27H40N2O3. The standard InChI is InChI=1S/C27H40N2O3/c1-18(2)13-29(27(30)19(3)4)15-22-14-28(16-23-12-20(5)21(6)32-23)17-25(22)24-10-8-9-11-26(24)31-7/h8-12,18-19,22,25H,13-17H2,1-7H3/t22-,25-/m0/s1. The van der Waals surface area contributed by atoms with Gasteiger partial charge in [-0.25, -0.2) is 0 Å². The van der Waals surface area contributed by atoms with Crippen molar-refractivity contribution in [3.8, 4) is 5.75 Å². The van der Waals surface area contributed by atoms with Crippen molar-refractivity contribution in [2.75, 3.05) is 33.3 Å². The Hall–Kier alpha value is -2.27. The molecule has 5 nitrogen and oxygen atoms in total. The normalized spacial score (nSPS) is 19.2. The van der Waals surface area contributed by atoms with E-state index in [0.717, 1.165) is 50.0 Å². The number of methoxy groups -OCH3 is 1. The van der Waals surface area contributed by atoms with Gasteiger partial charge >= 0.3 is 0 Å². The molecule has 1 saturated heterocycles. The molecule has 1 aromatic heterocycles. The Labute approximate surface area is 193 Å². The summed E-state index contributed by atoms with van der Waals surface area (Å²) in [6.45, 7) is 16.7. The van der Waals surface area contributed by atoms with Gasteiger partial charge in [0.05, 0.1) is 13.7 Å². The number of amides is 1. The highest BCUT2D eigenvalue weighted by Crippen LogP contribution is 2.38. The summed E-state index contributed by atoms with van der Waals surface area (Å²) in [4.78, 5) is 17.6. The lowest BCUT2D eigenvalue weighted by Gasteiger charge is -2.31. The second-order valence-corrected chi connectivity index (χ2v) is 10.0. The molecular weight excluding hydrogens is 400 g/mol. The van der Waals surface area contributed by atoms with Gasteiger partial charge in [-0.05, 0) is 48.9 Å². The number of aryl methyl sites for hydroxylation is 2. The number of carbonyl (C=O) groups is 1. The summed E-state index contributed by atoms with van der Waals surface area (Å²) in [5.41, 5.74) is 2.43. The van der Waals surface area contributed by atoms with Gasteiger partial charge in [0.25, 0.3) is 0 Å². The minimum absolute atomic E-state index is 0.00466. The van der Waals surface area contributed by atoms with Crippen molar-refractivity contribution in [3.05, 3.63) is 53.0 Å². The van der Waals surface area contributed by atoms with Crippen LogP contribution in [0.5, 0.6) is 5.75 Å². The molecule has 1 amide bonds. The minimum Gasteiger partial charge on any atom is -0.496 e. The van der Waals surface area contributed by atoms with E-state index in [1.807, 2.05) is 32.9 Å². The first-order valence-electron chi connectivity index (χ1n) is 11.9. The minimum atomic E-state index is 0.00466. The SMILES string of the molecule is COc1ccccc1[C@H]1CN(Cc2cc(C)c(C)o2)C[C@H]1CN(CC(C)C)C(=O)C(C)C. The average molecular weight is 441 g/mol. The molecule has 0 radical (unpaired) electrons. The third-order valence-electron chi connectivity index (χ3n) is 6.50. The molecule has 1 aromatic carbocycles. The van der Waals surface area contributed by atoms with Gasteiger partial charge < -0.3 is 14.1 Å². The molecule has 2 heterocycles. The Morgan fingerprint density at radius 1 is 1.19 bits per heavy atom. The number of carbonyl (C=O) groups excluding carboxylic acids is 1. The van der Waals surface area contributed by atoms with E-state index in [2.05, 4.69) is 48.8 Å². The summed E-state index contributed by atoms with van der Waals surface area (Å²) in [5, 5.41) is 0. The highest BCUT2D eigenvalue weighted by molar-refractivity contribution is 5.78. The number of benzene rings is 1. The van der Waals surface area contributed by atoms with Crippen LogP contribution in [-0.2, 0) is 11.3 Å². The monoisotopic (exact) mass is 440 g/mol. The van der Waals surface area contributed by atoms with Crippen LogP contribution in [0, 0.1) is 31.6 Å². The summed E-state index contributed by atoms with van der Waals surface area (Å²) in [6, 6.07) is 10.5. The second kappa shape index (κ2) is 10.6. The van der Waals surface area contributed by atoms with E-state index < -0.39 is 0 Å². The Bertz CT molecular complexity index is 883. The largest absolute Gasteiger partial charge is 0.496 e. The lowest BCUT2D eigenvalue weighted by molar-refractivity contribution is -0.135. The van der Waals surface area contributed by atoms with Gasteiger partial charge in [-0.2, -0.15) is 0 Å². The lowest BCUT2D eigenvalue weighted by Crippen LogP contribution is -2.41. The van der Waals surface area contributed by atoms with Crippen LogP contribution in [0.15, 0.2) is 34.7 Å². The first kappa shape index (κ1) is 24.4. The van der Waals surface area contributed by atoms with E-state index in [0.29, 0.717) is 17.8 Å². The number of rotatable bonds is 9. The summed E-state index contributed by atoms with van der Waals surface area (Å²) in [6.07, 6.45) is 0. The Morgan fingerprint density at radius 2 is 1.91 bits per heavy atom. The van der Waals surface area contributed by atoms with Gasteiger partial charge in [0.15, 0.2) is 0 Å². The highest BCUT2D eigenvalue weighted by Gasteiger charge is 2.37. The van der Waals surface area contributed by atoms with Crippen molar-refractivity contribution in [3.63, 3.8) is 0 Å². The molecule has 0 bridgehead atoms.